The Bertz CT molecular complexity index is 3400. The van der Waals surface area contributed by atoms with Gasteiger partial charge in [-0.3, -0.25) is 0 Å². The van der Waals surface area contributed by atoms with Gasteiger partial charge in [-0.2, -0.15) is 0 Å². The van der Waals surface area contributed by atoms with Crippen LogP contribution in [0, 0.1) is 0 Å². The molecule has 1 aliphatic rings. The van der Waals surface area contributed by atoms with E-state index in [1.165, 1.54) is 32.6 Å². The van der Waals surface area contributed by atoms with Gasteiger partial charge in [0, 0.05) is 38.2 Å². The van der Waals surface area contributed by atoms with E-state index in [0.29, 0.717) is 5.82 Å². The monoisotopic (exact) mass is 713 g/mol. The third-order valence-corrected chi connectivity index (χ3v) is 11.4. The normalized spacial score (nSPS) is 12.1. The highest BCUT2D eigenvalue weighted by molar-refractivity contribution is 6.16. The first-order valence-corrected chi connectivity index (χ1v) is 19.0. The van der Waals surface area contributed by atoms with Crippen LogP contribution in [0.3, 0.4) is 0 Å². The van der Waals surface area contributed by atoms with Gasteiger partial charge in [-0.25, -0.2) is 9.97 Å². The van der Waals surface area contributed by atoms with Crippen LogP contribution in [0.25, 0.3) is 105 Å². The van der Waals surface area contributed by atoms with Crippen molar-refractivity contribution >= 4 is 54.3 Å². The number of hydrogen-bond donors (Lipinski definition) is 0. The summed E-state index contributed by atoms with van der Waals surface area (Å²) in [5.74, 6) is 2.35. The van der Waals surface area contributed by atoms with Crippen molar-refractivity contribution in [2.24, 2.45) is 0 Å². The first-order valence-electron chi connectivity index (χ1n) is 19.0. The standard InChI is InChI=1S/C52H31N3O/c1-2-13-32(14-3-1)33-17-10-18-36(29-33)51-40-20-6-8-23-43(40)53-52(54-51)39-27-28-48-49-38(39)21-11-22-41(49)50-45(25-12-26-47(50)56-48)55-44-24-9-7-19-37(44)42-30-34-15-4-5-16-35(34)31-46(42)55/h1-31H. The van der Waals surface area contributed by atoms with Gasteiger partial charge in [-0.05, 0) is 87.4 Å². The lowest BCUT2D eigenvalue weighted by Gasteiger charge is -2.25. The molecule has 9 aromatic carbocycles. The van der Waals surface area contributed by atoms with Crippen molar-refractivity contribution in [3.8, 4) is 62.1 Å². The van der Waals surface area contributed by atoms with Crippen LogP contribution in [0.15, 0.2) is 188 Å². The predicted molar refractivity (Wildman–Crippen MR) is 231 cm³/mol. The number of para-hydroxylation sites is 2. The maximum absolute atomic E-state index is 6.84. The van der Waals surface area contributed by atoms with E-state index in [2.05, 4.69) is 180 Å². The van der Waals surface area contributed by atoms with E-state index in [0.717, 1.165) is 77.9 Å². The van der Waals surface area contributed by atoms with Gasteiger partial charge in [0.05, 0.1) is 27.9 Å². The summed E-state index contributed by atoms with van der Waals surface area (Å²) in [4.78, 5) is 10.6. The second kappa shape index (κ2) is 12.0. The van der Waals surface area contributed by atoms with Gasteiger partial charge in [-0.1, -0.05) is 133 Å². The zero-order chi connectivity index (χ0) is 36.7. The molecule has 3 heterocycles. The minimum absolute atomic E-state index is 0.681. The summed E-state index contributed by atoms with van der Waals surface area (Å²) in [5.41, 5.74) is 11.7. The molecule has 0 atom stereocenters. The highest BCUT2D eigenvalue weighted by atomic mass is 16.5. The summed E-state index contributed by atoms with van der Waals surface area (Å²) >= 11 is 0. The fourth-order valence-corrected chi connectivity index (χ4v) is 8.85. The Hall–Kier alpha value is -7.56. The number of hydrogen-bond acceptors (Lipinski definition) is 3. The summed E-state index contributed by atoms with van der Waals surface area (Å²) < 4.78 is 9.25. The van der Waals surface area contributed by atoms with Crippen molar-refractivity contribution in [1.82, 2.24) is 14.5 Å². The highest BCUT2D eigenvalue weighted by Crippen LogP contribution is 2.51. The molecule has 0 spiro atoms. The van der Waals surface area contributed by atoms with Gasteiger partial charge >= 0.3 is 0 Å². The van der Waals surface area contributed by atoms with E-state index < -0.39 is 0 Å². The number of ether oxygens (including phenoxy) is 1. The molecule has 1 aliphatic heterocycles. The van der Waals surface area contributed by atoms with Crippen LogP contribution >= 0.6 is 0 Å². The average molecular weight is 714 g/mol. The number of benzene rings is 9. The van der Waals surface area contributed by atoms with Crippen LogP contribution in [0.4, 0.5) is 0 Å². The van der Waals surface area contributed by atoms with Crippen molar-refractivity contribution in [1.29, 1.82) is 0 Å². The second-order valence-electron chi connectivity index (χ2n) is 14.5. The Morgan fingerprint density at radius 3 is 2.04 bits per heavy atom. The van der Waals surface area contributed by atoms with Crippen LogP contribution in [-0.4, -0.2) is 14.5 Å². The van der Waals surface area contributed by atoms with Crippen LogP contribution in [0.1, 0.15) is 0 Å². The van der Waals surface area contributed by atoms with Crippen LogP contribution < -0.4 is 4.74 Å². The van der Waals surface area contributed by atoms with Gasteiger partial charge in [-0.15, -0.1) is 0 Å². The number of aromatic nitrogens is 3. The molecular weight excluding hydrogens is 683 g/mol. The number of rotatable bonds is 4. The molecule has 0 fully saturated rings. The SMILES string of the molecule is c1ccc(-c2cccc(-c3nc(-c4ccc5c6c(cccc46)-c4c(cccc4-n4c6ccccc6c6cc7ccccc7cc64)O5)nc4ccccc34)c2)cc1. The quantitative estimate of drug-likeness (QED) is 0.182. The van der Waals surface area contributed by atoms with Crippen molar-refractivity contribution in [2.45, 2.75) is 0 Å². The largest absolute Gasteiger partial charge is 0.456 e. The minimum Gasteiger partial charge on any atom is -0.456 e. The summed E-state index contributed by atoms with van der Waals surface area (Å²) in [6, 6.07) is 66.6. The highest BCUT2D eigenvalue weighted by Gasteiger charge is 2.27. The third-order valence-electron chi connectivity index (χ3n) is 11.4. The maximum atomic E-state index is 6.84. The molecule has 0 saturated carbocycles. The molecule has 0 aliphatic carbocycles. The van der Waals surface area contributed by atoms with Crippen LogP contribution in [-0.2, 0) is 0 Å². The average Bonchev–Trinajstić information content (AvgIpc) is 3.58. The minimum atomic E-state index is 0.681. The first-order chi connectivity index (χ1) is 27.8. The molecule has 260 valence electrons. The molecule has 12 rings (SSSR count). The summed E-state index contributed by atoms with van der Waals surface area (Å²) in [6.45, 7) is 0. The lowest BCUT2D eigenvalue weighted by atomic mass is 9.91. The van der Waals surface area contributed by atoms with Crippen LogP contribution in [0.5, 0.6) is 11.5 Å². The Morgan fingerprint density at radius 2 is 1.12 bits per heavy atom. The van der Waals surface area contributed by atoms with Gasteiger partial charge in [0.25, 0.3) is 0 Å². The molecule has 0 radical (unpaired) electrons. The van der Waals surface area contributed by atoms with Crippen LogP contribution in [0.2, 0.25) is 0 Å². The lowest BCUT2D eigenvalue weighted by Crippen LogP contribution is -2.04. The Kier molecular flexibility index (Phi) is 6.60. The molecule has 11 aromatic rings. The molecule has 4 heteroatoms. The summed E-state index contributed by atoms with van der Waals surface area (Å²) in [6.07, 6.45) is 0. The smallest absolute Gasteiger partial charge is 0.161 e. The Morgan fingerprint density at radius 1 is 0.411 bits per heavy atom. The first kappa shape index (κ1) is 30.9. The van der Waals surface area contributed by atoms with E-state index in [-0.39, 0.29) is 0 Å². The zero-order valence-corrected chi connectivity index (χ0v) is 30.1. The van der Waals surface area contributed by atoms with Crippen molar-refractivity contribution in [2.75, 3.05) is 0 Å². The topological polar surface area (TPSA) is 39.9 Å². The van der Waals surface area contributed by atoms with E-state index >= 15 is 0 Å². The maximum Gasteiger partial charge on any atom is 0.161 e. The zero-order valence-electron chi connectivity index (χ0n) is 30.1. The number of nitrogens with zero attached hydrogens (tertiary/aromatic N) is 3. The molecular formula is C52H31N3O. The molecule has 56 heavy (non-hydrogen) atoms. The molecule has 0 N–H and O–H groups in total. The fraction of sp³-hybridized carbons (Fsp3) is 0. The lowest BCUT2D eigenvalue weighted by molar-refractivity contribution is 0.487. The summed E-state index contributed by atoms with van der Waals surface area (Å²) in [5, 5.41) is 8.02. The molecule has 4 nitrogen and oxygen atoms in total. The molecule has 2 aromatic heterocycles. The van der Waals surface area contributed by atoms with Crippen molar-refractivity contribution < 1.29 is 4.74 Å². The Balaban J connectivity index is 1.08. The van der Waals surface area contributed by atoms with Crippen molar-refractivity contribution in [3.63, 3.8) is 0 Å². The second-order valence-corrected chi connectivity index (χ2v) is 14.5. The van der Waals surface area contributed by atoms with E-state index in [1.807, 2.05) is 12.1 Å². The summed E-state index contributed by atoms with van der Waals surface area (Å²) in [7, 11) is 0. The third kappa shape index (κ3) is 4.60. The van der Waals surface area contributed by atoms with Crippen molar-refractivity contribution in [3.05, 3.63) is 188 Å². The van der Waals surface area contributed by atoms with Gasteiger partial charge < -0.3 is 9.30 Å². The predicted octanol–water partition coefficient (Wildman–Crippen LogP) is 13.8. The van der Waals surface area contributed by atoms with Gasteiger partial charge in [0.2, 0.25) is 0 Å². The molecule has 0 amide bonds. The molecule has 0 unspecified atom stereocenters. The van der Waals surface area contributed by atoms with E-state index in [4.69, 9.17) is 14.7 Å². The Labute approximate surface area is 322 Å². The van der Waals surface area contributed by atoms with E-state index in [9.17, 15) is 0 Å². The van der Waals surface area contributed by atoms with Gasteiger partial charge in [0.1, 0.15) is 11.5 Å². The van der Waals surface area contributed by atoms with Gasteiger partial charge in [0.15, 0.2) is 5.82 Å². The molecule has 0 saturated heterocycles. The van der Waals surface area contributed by atoms with E-state index in [1.54, 1.807) is 0 Å². The number of fused-ring (bicyclic) bond motifs is 7. The molecule has 0 bridgehead atoms. The fourth-order valence-electron chi connectivity index (χ4n) is 8.85.